The van der Waals surface area contributed by atoms with Gasteiger partial charge in [0.15, 0.2) is 0 Å². The first-order chi connectivity index (χ1) is 6.08. The maximum atomic E-state index is 12.0. The van der Waals surface area contributed by atoms with Gasteiger partial charge in [0.2, 0.25) is 0 Å². The minimum atomic E-state index is -2.23. The van der Waals surface area contributed by atoms with E-state index >= 15 is 0 Å². The van der Waals surface area contributed by atoms with Crippen LogP contribution in [0.5, 0.6) is 0 Å². The Balaban J connectivity index is 4.23. The molecule has 0 N–H and O–H groups in total. The molecule has 0 aliphatic heterocycles. The van der Waals surface area contributed by atoms with Crippen LogP contribution in [0, 0.1) is 28.6 Å². The van der Waals surface area contributed by atoms with E-state index in [1.807, 2.05) is 13.0 Å². The summed E-state index contributed by atoms with van der Waals surface area (Å²) >= 11 is 0. The lowest BCUT2D eigenvalue weighted by Gasteiger charge is -2.15. The molecule has 2 atom stereocenters. The maximum absolute atomic E-state index is 12.0. The Morgan fingerprint density at radius 3 is 2.46 bits per heavy atom. The van der Waals surface area contributed by atoms with Gasteiger partial charge < -0.3 is 4.57 Å². The van der Waals surface area contributed by atoms with E-state index < -0.39 is 7.14 Å². The number of rotatable bonds is 5. The van der Waals surface area contributed by atoms with Gasteiger partial charge in [-0.2, -0.15) is 10.5 Å². The summed E-state index contributed by atoms with van der Waals surface area (Å²) in [4.78, 5) is 0. The summed E-state index contributed by atoms with van der Waals surface area (Å²) in [6, 6.07) is 4.07. The van der Waals surface area contributed by atoms with Gasteiger partial charge in [0.25, 0.3) is 0 Å². The van der Waals surface area contributed by atoms with Gasteiger partial charge in [-0.25, -0.2) is 0 Å². The van der Waals surface area contributed by atoms with Crippen LogP contribution < -0.4 is 0 Å². The van der Waals surface area contributed by atoms with Gasteiger partial charge in [-0.15, -0.1) is 0 Å². The van der Waals surface area contributed by atoms with Gasteiger partial charge in [-0.1, -0.05) is 6.92 Å². The molecular weight excluding hydrogens is 183 g/mol. The highest BCUT2D eigenvalue weighted by atomic mass is 31.2. The standard InChI is InChI=1S/C9H15N2OP/c1-3-13(12,6-4-5-10)8-9(2)7-11/h9H,3-4,6,8H2,1-2H3. The van der Waals surface area contributed by atoms with Crippen molar-refractivity contribution in [3.05, 3.63) is 0 Å². The third kappa shape index (κ3) is 4.71. The molecule has 0 saturated carbocycles. The molecule has 0 aromatic rings. The average molecular weight is 198 g/mol. The normalized spacial score (nSPS) is 16.6. The zero-order valence-electron chi connectivity index (χ0n) is 8.16. The first-order valence-electron chi connectivity index (χ1n) is 4.41. The summed E-state index contributed by atoms with van der Waals surface area (Å²) < 4.78 is 12.0. The predicted octanol–water partition coefficient (Wildman–Crippen LogP) is 2.44. The lowest BCUT2D eigenvalue weighted by Crippen LogP contribution is -2.04. The van der Waals surface area contributed by atoms with Crippen LogP contribution in [0.3, 0.4) is 0 Å². The topological polar surface area (TPSA) is 64.7 Å². The molecule has 3 nitrogen and oxygen atoms in total. The van der Waals surface area contributed by atoms with Gasteiger partial charge in [0.05, 0.1) is 25.2 Å². The Morgan fingerprint density at radius 1 is 1.46 bits per heavy atom. The second-order valence-electron chi connectivity index (χ2n) is 3.22. The molecule has 0 aliphatic rings. The molecule has 72 valence electrons. The fourth-order valence-corrected chi connectivity index (χ4v) is 3.52. The van der Waals surface area contributed by atoms with Crippen LogP contribution in [0.25, 0.3) is 0 Å². The van der Waals surface area contributed by atoms with E-state index in [-0.39, 0.29) is 5.92 Å². The van der Waals surface area contributed by atoms with Crippen molar-refractivity contribution in [1.29, 1.82) is 10.5 Å². The molecule has 2 unspecified atom stereocenters. The SMILES string of the molecule is CCP(=O)(CCC#N)CC(C)C#N. The summed E-state index contributed by atoms with van der Waals surface area (Å²) in [6.45, 7) is 3.64. The van der Waals surface area contributed by atoms with Gasteiger partial charge in [-0.05, 0) is 13.1 Å². The molecule has 0 amide bonds. The molecule has 0 fully saturated rings. The Hall–Kier alpha value is -0.790. The first kappa shape index (κ1) is 12.2. The van der Waals surface area contributed by atoms with E-state index in [1.165, 1.54) is 0 Å². The number of hydrogen-bond acceptors (Lipinski definition) is 3. The second-order valence-corrected chi connectivity index (χ2v) is 6.78. The summed E-state index contributed by atoms with van der Waals surface area (Å²) in [6.07, 6.45) is 1.86. The van der Waals surface area contributed by atoms with E-state index in [1.54, 1.807) is 6.92 Å². The number of hydrogen-bond donors (Lipinski definition) is 0. The van der Waals surface area contributed by atoms with Crippen molar-refractivity contribution >= 4 is 7.14 Å². The van der Waals surface area contributed by atoms with E-state index in [0.29, 0.717) is 24.9 Å². The largest absolute Gasteiger partial charge is 0.323 e. The third-order valence-corrected chi connectivity index (χ3v) is 5.44. The molecule has 0 aromatic carbocycles. The van der Waals surface area contributed by atoms with Crippen molar-refractivity contribution in [2.24, 2.45) is 5.92 Å². The van der Waals surface area contributed by atoms with Crippen molar-refractivity contribution < 1.29 is 4.57 Å². The van der Waals surface area contributed by atoms with Crippen molar-refractivity contribution in [3.63, 3.8) is 0 Å². The quantitative estimate of drug-likeness (QED) is 0.637. The van der Waals surface area contributed by atoms with Crippen LogP contribution in [0.4, 0.5) is 0 Å². The summed E-state index contributed by atoms with van der Waals surface area (Å²) in [5.74, 6) is -0.163. The molecular formula is C9H15N2OP. The van der Waals surface area contributed by atoms with Gasteiger partial charge >= 0.3 is 0 Å². The molecule has 4 heteroatoms. The molecule has 0 aromatic heterocycles. The van der Waals surface area contributed by atoms with Crippen molar-refractivity contribution in [3.8, 4) is 12.1 Å². The fraction of sp³-hybridized carbons (Fsp3) is 0.778. The van der Waals surface area contributed by atoms with E-state index in [4.69, 9.17) is 10.5 Å². The number of nitriles is 2. The van der Waals surface area contributed by atoms with E-state index in [2.05, 4.69) is 6.07 Å². The highest BCUT2D eigenvalue weighted by molar-refractivity contribution is 7.63. The lowest BCUT2D eigenvalue weighted by molar-refractivity contribution is 0.570. The van der Waals surface area contributed by atoms with Gasteiger partial charge in [-0.3, -0.25) is 0 Å². The highest BCUT2D eigenvalue weighted by Gasteiger charge is 2.21. The minimum absolute atomic E-state index is 0.163. The molecule has 0 saturated heterocycles. The molecule has 0 rings (SSSR count). The first-order valence-corrected chi connectivity index (χ1v) is 6.68. The molecule has 13 heavy (non-hydrogen) atoms. The highest BCUT2D eigenvalue weighted by Crippen LogP contribution is 2.47. The summed E-state index contributed by atoms with van der Waals surface area (Å²) in [7, 11) is -2.23. The van der Waals surface area contributed by atoms with E-state index in [0.717, 1.165) is 0 Å². The minimum Gasteiger partial charge on any atom is -0.323 e. The van der Waals surface area contributed by atoms with Crippen LogP contribution in [0.15, 0.2) is 0 Å². The molecule has 0 heterocycles. The van der Waals surface area contributed by atoms with Gasteiger partial charge in [0.1, 0.15) is 0 Å². The Morgan fingerprint density at radius 2 is 2.08 bits per heavy atom. The van der Waals surface area contributed by atoms with Crippen LogP contribution in [-0.2, 0) is 4.57 Å². The Labute approximate surface area is 79.7 Å². The third-order valence-electron chi connectivity index (χ3n) is 2.03. The Kier molecular flexibility index (Phi) is 5.44. The van der Waals surface area contributed by atoms with E-state index in [9.17, 15) is 4.57 Å². The van der Waals surface area contributed by atoms with Gasteiger partial charge in [0, 0.05) is 18.7 Å². The van der Waals surface area contributed by atoms with Crippen molar-refractivity contribution in [2.45, 2.75) is 20.3 Å². The molecule has 0 bridgehead atoms. The fourth-order valence-electron chi connectivity index (χ4n) is 1.17. The molecule has 0 aliphatic carbocycles. The zero-order chi connectivity index (χ0) is 10.3. The summed E-state index contributed by atoms with van der Waals surface area (Å²) in [5, 5.41) is 17.0. The van der Waals surface area contributed by atoms with Crippen LogP contribution >= 0.6 is 7.14 Å². The van der Waals surface area contributed by atoms with Crippen molar-refractivity contribution in [2.75, 3.05) is 18.5 Å². The average Bonchev–Trinajstić information content (AvgIpc) is 2.14. The monoisotopic (exact) mass is 198 g/mol. The lowest BCUT2D eigenvalue weighted by atomic mass is 10.3. The maximum Gasteiger partial charge on any atom is 0.0897 e. The number of nitrogens with zero attached hydrogens (tertiary/aromatic N) is 2. The van der Waals surface area contributed by atoms with Crippen molar-refractivity contribution in [1.82, 2.24) is 0 Å². The van der Waals surface area contributed by atoms with Crippen LogP contribution in [0.1, 0.15) is 20.3 Å². The predicted molar refractivity (Wildman–Crippen MR) is 52.9 cm³/mol. The zero-order valence-corrected chi connectivity index (χ0v) is 9.05. The second kappa shape index (κ2) is 5.79. The molecule has 0 radical (unpaired) electrons. The molecule has 0 spiro atoms. The van der Waals surface area contributed by atoms with Crippen LogP contribution in [0.2, 0.25) is 0 Å². The Bertz CT molecular complexity index is 274. The van der Waals surface area contributed by atoms with Crippen LogP contribution in [-0.4, -0.2) is 18.5 Å². The summed E-state index contributed by atoms with van der Waals surface area (Å²) in [5.41, 5.74) is 0. The smallest absolute Gasteiger partial charge is 0.0897 e.